The van der Waals surface area contributed by atoms with Crippen molar-refractivity contribution in [3.05, 3.63) is 0 Å². The van der Waals surface area contributed by atoms with Gasteiger partial charge in [-0.3, -0.25) is 4.79 Å². The molecule has 9 unspecified atom stereocenters. The number of ether oxygens (including phenoxy) is 1. The Balaban J connectivity index is 1.27. The lowest BCUT2D eigenvalue weighted by atomic mass is 9.42. The van der Waals surface area contributed by atoms with E-state index in [0.29, 0.717) is 39.3 Å². The van der Waals surface area contributed by atoms with E-state index in [4.69, 9.17) is 4.74 Å². The molecule has 6 rings (SSSR count). The zero-order valence-corrected chi connectivity index (χ0v) is 22.7. The molecule has 0 bridgehead atoms. The molecule has 2 nitrogen and oxygen atoms in total. The van der Waals surface area contributed by atoms with Crippen molar-refractivity contribution in [3.63, 3.8) is 0 Å². The second-order valence-electron chi connectivity index (χ2n) is 15.4. The normalized spacial score (nSPS) is 57.2. The Hall–Kier alpha value is -0.370. The molecule has 1 saturated heterocycles. The van der Waals surface area contributed by atoms with Crippen LogP contribution in [0.25, 0.3) is 0 Å². The predicted molar refractivity (Wildman–Crippen MR) is 134 cm³/mol. The van der Waals surface area contributed by atoms with Crippen LogP contribution >= 0.6 is 0 Å². The number of Topliss-reactive ketones (excluding diaryl/α,β-unsaturated/α-hetero) is 1. The van der Waals surface area contributed by atoms with Crippen LogP contribution in [0.3, 0.4) is 0 Å². The van der Waals surface area contributed by atoms with Gasteiger partial charge in [0, 0.05) is 11.8 Å². The van der Waals surface area contributed by atoms with Gasteiger partial charge in [-0.2, -0.15) is 0 Å². The van der Waals surface area contributed by atoms with Crippen molar-refractivity contribution in [1.29, 1.82) is 0 Å². The Kier molecular flexibility index (Phi) is 4.67. The first-order valence-electron chi connectivity index (χ1n) is 14.5. The van der Waals surface area contributed by atoms with E-state index < -0.39 is 0 Å². The van der Waals surface area contributed by atoms with Crippen molar-refractivity contribution in [2.45, 2.75) is 125 Å². The molecule has 0 aromatic heterocycles. The standard InChI is InChI=1S/C31H50O2/c1-20(2)29(7)14-10-21(18-33-29)22-11-13-28(6)24-9-8-23-26(3,4)25(32)12-15-30(23)19-31(24,30)17-16-27(22,28)5/h20-24H,8-19H2,1-7H3. The van der Waals surface area contributed by atoms with Crippen LogP contribution in [-0.4, -0.2) is 18.0 Å². The molecular weight excluding hydrogens is 404 g/mol. The van der Waals surface area contributed by atoms with Gasteiger partial charge in [-0.05, 0) is 122 Å². The lowest BCUT2D eigenvalue weighted by Gasteiger charge is -2.63. The molecule has 5 saturated carbocycles. The maximum atomic E-state index is 12.9. The van der Waals surface area contributed by atoms with Gasteiger partial charge in [-0.25, -0.2) is 0 Å². The monoisotopic (exact) mass is 454 g/mol. The minimum Gasteiger partial charge on any atom is -0.375 e. The minimum absolute atomic E-state index is 0.0833. The van der Waals surface area contributed by atoms with E-state index in [1.807, 2.05) is 0 Å². The van der Waals surface area contributed by atoms with Gasteiger partial charge in [0.05, 0.1) is 12.2 Å². The summed E-state index contributed by atoms with van der Waals surface area (Å²) in [4.78, 5) is 12.9. The summed E-state index contributed by atoms with van der Waals surface area (Å²) < 4.78 is 6.61. The summed E-state index contributed by atoms with van der Waals surface area (Å²) in [5.74, 6) is 4.29. The van der Waals surface area contributed by atoms with Gasteiger partial charge in [-0.15, -0.1) is 0 Å². The predicted octanol–water partition coefficient (Wildman–Crippen LogP) is 7.84. The molecule has 9 atom stereocenters. The highest BCUT2D eigenvalue weighted by atomic mass is 16.5. The first-order valence-corrected chi connectivity index (χ1v) is 14.5. The number of rotatable bonds is 2. The number of ketones is 1. The zero-order chi connectivity index (χ0) is 23.7. The average Bonchev–Trinajstić information content (AvgIpc) is 3.35. The van der Waals surface area contributed by atoms with Gasteiger partial charge in [0.2, 0.25) is 0 Å². The highest BCUT2D eigenvalue weighted by molar-refractivity contribution is 5.86. The van der Waals surface area contributed by atoms with Crippen LogP contribution in [0, 0.1) is 56.7 Å². The molecule has 0 amide bonds. The van der Waals surface area contributed by atoms with Crippen molar-refractivity contribution in [2.75, 3.05) is 6.61 Å². The molecule has 0 N–H and O–H groups in total. The maximum Gasteiger partial charge on any atom is 0.138 e. The van der Waals surface area contributed by atoms with Crippen LogP contribution in [0.2, 0.25) is 0 Å². The molecular formula is C31H50O2. The SMILES string of the molecule is CC(C)C1(C)CCC(C2CCC3(C)C4CCC5C(C)(C)C(=O)CCC56CC46CCC23C)CO1. The van der Waals surface area contributed by atoms with Crippen molar-refractivity contribution < 1.29 is 9.53 Å². The Morgan fingerprint density at radius 3 is 2.15 bits per heavy atom. The van der Waals surface area contributed by atoms with Crippen LogP contribution < -0.4 is 0 Å². The molecule has 0 aromatic rings. The summed E-state index contributed by atoms with van der Waals surface area (Å²) in [7, 11) is 0. The van der Waals surface area contributed by atoms with Crippen molar-refractivity contribution in [3.8, 4) is 0 Å². The molecule has 6 aliphatic rings. The number of carbonyl (C=O) groups is 1. The number of fused-ring (bicyclic) bond motifs is 2. The van der Waals surface area contributed by atoms with Gasteiger partial charge < -0.3 is 4.74 Å². The molecule has 5 aliphatic carbocycles. The fraction of sp³-hybridized carbons (Fsp3) is 0.968. The summed E-state index contributed by atoms with van der Waals surface area (Å²) in [5, 5.41) is 0. The highest BCUT2D eigenvalue weighted by Crippen LogP contribution is 2.88. The molecule has 2 heteroatoms. The van der Waals surface area contributed by atoms with Gasteiger partial charge in [-0.1, -0.05) is 41.5 Å². The lowest BCUT2D eigenvalue weighted by Crippen LogP contribution is -2.57. The molecule has 2 spiro atoms. The summed E-state index contributed by atoms with van der Waals surface area (Å²) in [5.41, 5.74) is 2.02. The fourth-order valence-corrected chi connectivity index (χ4v) is 11.7. The maximum absolute atomic E-state index is 12.9. The second-order valence-corrected chi connectivity index (χ2v) is 15.4. The highest BCUT2D eigenvalue weighted by Gasteiger charge is 2.82. The number of carbonyl (C=O) groups excluding carboxylic acids is 1. The van der Waals surface area contributed by atoms with Crippen molar-refractivity contribution >= 4 is 5.78 Å². The summed E-state index contributed by atoms with van der Waals surface area (Å²) in [6.07, 6.45) is 14.5. The fourth-order valence-electron chi connectivity index (χ4n) is 11.7. The molecule has 1 aliphatic heterocycles. The lowest BCUT2D eigenvalue weighted by molar-refractivity contribution is -0.168. The molecule has 0 radical (unpaired) electrons. The van der Waals surface area contributed by atoms with Crippen molar-refractivity contribution in [2.24, 2.45) is 56.7 Å². The number of hydrogen-bond acceptors (Lipinski definition) is 2. The average molecular weight is 455 g/mol. The van der Waals surface area contributed by atoms with E-state index in [1.165, 1.54) is 64.2 Å². The second kappa shape index (κ2) is 6.68. The molecule has 33 heavy (non-hydrogen) atoms. The summed E-state index contributed by atoms with van der Waals surface area (Å²) >= 11 is 0. The van der Waals surface area contributed by atoms with E-state index in [9.17, 15) is 4.79 Å². The molecule has 0 aromatic carbocycles. The Labute approximate surface area is 203 Å². The Morgan fingerprint density at radius 2 is 1.48 bits per heavy atom. The van der Waals surface area contributed by atoms with Gasteiger partial charge in [0.25, 0.3) is 0 Å². The number of hydrogen-bond donors (Lipinski definition) is 0. The van der Waals surface area contributed by atoms with E-state index in [-0.39, 0.29) is 11.0 Å². The third-order valence-electron chi connectivity index (χ3n) is 14.3. The van der Waals surface area contributed by atoms with Gasteiger partial charge >= 0.3 is 0 Å². The Bertz CT molecular complexity index is 849. The van der Waals surface area contributed by atoms with Crippen LogP contribution in [0.5, 0.6) is 0 Å². The Morgan fingerprint density at radius 1 is 0.788 bits per heavy atom. The van der Waals surface area contributed by atoms with E-state index in [2.05, 4.69) is 48.5 Å². The molecule has 186 valence electrons. The van der Waals surface area contributed by atoms with E-state index >= 15 is 0 Å². The molecule has 1 heterocycles. The van der Waals surface area contributed by atoms with E-state index in [0.717, 1.165) is 30.8 Å². The van der Waals surface area contributed by atoms with Gasteiger partial charge in [0.1, 0.15) is 5.78 Å². The van der Waals surface area contributed by atoms with Crippen LogP contribution in [0.4, 0.5) is 0 Å². The first-order chi connectivity index (χ1) is 15.4. The zero-order valence-electron chi connectivity index (χ0n) is 22.7. The third-order valence-corrected chi connectivity index (χ3v) is 14.3. The third kappa shape index (κ3) is 2.59. The molecule has 6 fully saturated rings. The topological polar surface area (TPSA) is 26.3 Å². The van der Waals surface area contributed by atoms with Gasteiger partial charge in [0.15, 0.2) is 0 Å². The minimum atomic E-state index is -0.0882. The summed E-state index contributed by atoms with van der Waals surface area (Å²) in [6, 6.07) is 0. The van der Waals surface area contributed by atoms with Crippen LogP contribution in [0.15, 0.2) is 0 Å². The largest absolute Gasteiger partial charge is 0.375 e. The van der Waals surface area contributed by atoms with Crippen LogP contribution in [-0.2, 0) is 9.53 Å². The smallest absolute Gasteiger partial charge is 0.138 e. The first kappa shape index (κ1) is 23.1. The van der Waals surface area contributed by atoms with E-state index in [1.54, 1.807) is 0 Å². The van der Waals surface area contributed by atoms with Crippen LogP contribution in [0.1, 0.15) is 119 Å². The quantitative estimate of drug-likeness (QED) is 0.425. The summed E-state index contributed by atoms with van der Waals surface area (Å²) in [6.45, 7) is 18.0. The van der Waals surface area contributed by atoms with Crippen molar-refractivity contribution in [1.82, 2.24) is 0 Å².